The Hall–Kier alpha value is -1.84. The van der Waals surface area contributed by atoms with Gasteiger partial charge in [-0.05, 0) is 11.0 Å². The number of carbonyl (C=O) groups excluding carboxylic acids is 2. The van der Waals surface area contributed by atoms with Gasteiger partial charge in [0.15, 0.2) is 0 Å². The Balaban J connectivity index is 2.78. The Kier molecular flexibility index (Phi) is 5.74. The topological polar surface area (TPSA) is 55.4 Å². The molecule has 110 valence electrons. The summed E-state index contributed by atoms with van der Waals surface area (Å²) >= 11 is 0. The highest BCUT2D eigenvalue weighted by Crippen LogP contribution is 2.21. The van der Waals surface area contributed by atoms with Crippen LogP contribution in [-0.4, -0.2) is 19.0 Å². The highest BCUT2D eigenvalue weighted by atomic mass is 16.5. The Morgan fingerprint density at radius 1 is 1.20 bits per heavy atom. The van der Waals surface area contributed by atoms with Gasteiger partial charge >= 0.3 is 5.97 Å². The summed E-state index contributed by atoms with van der Waals surface area (Å²) in [5.74, 6) is -0.398. The lowest BCUT2D eigenvalue weighted by Gasteiger charge is -2.22. The number of ether oxygens (including phenoxy) is 1. The predicted molar refractivity (Wildman–Crippen MR) is 78.0 cm³/mol. The zero-order valence-corrected chi connectivity index (χ0v) is 12.6. The number of carbonyl (C=O) groups is 2. The normalized spacial score (nSPS) is 12.6. The number of nitrogens with one attached hydrogen (secondary N) is 1. The number of amides is 1. The second-order valence-corrected chi connectivity index (χ2v) is 6.05. The summed E-state index contributed by atoms with van der Waals surface area (Å²) in [4.78, 5) is 23.5. The SMILES string of the molecule is COC(=O)C[C@H](NC(=O)CC(C)(C)C)c1ccccc1. The Labute approximate surface area is 120 Å². The smallest absolute Gasteiger partial charge is 0.307 e. The molecular weight excluding hydrogens is 254 g/mol. The van der Waals surface area contributed by atoms with Crippen molar-refractivity contribution < 1.29 is 14.3 Å². The van der Waals surface area contributed by atoms with E-state index in [1.165, 1.54) is 7.11 Å². The Morgan fingerprint density at radius 2 is 1.80 bits per heavy atom. The maximum atomic E-state index is 12.0. The second kappa shape index (κ2) is 7.08. The third-order valence-corrected chi connectivity index (χ3v) is 2.83. The van der Waals surface area contributed by atoms with E-state index >= 15 is 0 Å². The zero-order valence-electron chi connectivity index (χ0n) is 12.6. The summed E-state index contributed by atoms with van der Waals surface area (Å²) in [6, 6.07) is 9.11. The molecule has 0 aromatic heterocycles. The first-order valence-corrected chi connectivity index (χ1v) is 6.73. The van der Waals surface area contributed by atoms with Gasteiger partial charge in [0.1, 0.15) is 0 Å². The van der Waals surface area contributed by atoms with Crippen LogP contribution in [0.1, 0.15) is 45.2 Å². The van der Waals surface area contributed by atoms with E-state index in [4.69, 9.17) is 4.74 Å². The highest BCUT2D eigenvalue weighted by molar-refractivity contribution is 5.78. The molecule has 0 heterocycles. The standard InChI is InChI=1S/C16H23NO3/c1-16(2,3)11-14(18)17-13(10-15(19)20-4)12-8-6-5-7-9-12/h5-9,13H,10-11H2,1-4H3,(H,17,18)/t13-/m0/s1. The maximum absolute atomic E-state index is 12.0. The van der Waals surface area contributed by atoms with Crippen LogP contribution < -0.4 is 5.32 Å². The first-order chi connectivity index (χ1) is 9.31. The van der Waals surface area contributed by atoms with Crippen LogP contribution in [0.2, 0.25) is 0 Å². The molecule has 0 aliphatic carbocycles. The molecule has 1 aromatic carbocycles. The van der Waals surface area contributed by atoms with Crippen molar-refractivity contribution in [2.75, 3.05) is 7.11 Å². The van der Waals surface area contributed by atoms with Gasteiger partial charge in [0, 0.05) is 6.42 Å². The Bertz CT molecular complexity index is 449. The van der Waals surface area contributed by atoms with Crippen molar-refractivity contribution in [3.05, 3.63) is 35.9 Å². The van der Waals surface area contributed by atoms with Crippen molar-refractivity contribution in [2.45, 2.75) is 39.7 Å². The molecule has 1 atom stereocenters. The van der Waals surface area contributed by atoms with E-state index in [9.17, 15) is 9.59 Å². The van der Waals surface area contributed by atoms with Gasteiger partial charge in [0.05, 0.1) is 19.6 Å². The molecule has 1 N–H and O–H groups in total. The summed E-state index contributed by atoms with van der Waals surface area (Å²) in [6.45, 7) is 6.01. The molecule has 0 saturated heterocycles. The lowest BCUT2D eigenvalue weighted by Crippen LogP contribution is -2.32. The van der Waals surface area contributed by atoms with Crippen molar-refractivity contribution in [3.8, 4) is 0 Å². The summed E-state index contributed by atoms with van der Waals surface area (Å²) in [5.41, 5.74) is 0.816. The third-order valence-electron chi connectivity index (χ3n) is 2.83. The van der Waals surface area contributed by atoms with Crippen LogP contribution in [0.4, 0.5) is 0 Å². The summed E-state index contributed by atoms with van der Waals surface area (Å²) in [7, 11) is 1.35. The van der Waals surface area contributed by atoms with Crippen LogP contribution in [0.25, 0.3) is 0 Å². The summed E-state index contributed by atoms with van der Waals surface area (Å²) in [6.07, 6.45) is 0.550. The van der Waals surface area contributed by atoms with Gasteiger partial charge in [0.2, 0.25) is 5.91 Å². The van der Waals surface area contributed by atoms with E-state index < -0.39 is 0 Å². The molecule has 1 aromatic rings. The van der Waals surface area contributed by atoms with Gasteiger partial charge in [-0.3, -0.25) is 9.59 Å². The molecule has 1 amide bonds. The van der Waals surface area contributed by atoms with E-state index in [1.807, 2.05) is 51.1 Å². The molecule has 20 heavy (non-hydrogen) atoms. The molecule has 0 saturated carbocycles. The fraction of sp³-hybridized carbons (Fsp3) is 0.500. The van der Waals surface area contributed by atoms with Crippen LogP contribution in [0, 0.1) is 5.41 Å². The first-order valence-electron chi connectivity index (χ1n) is 6.73. The van der Waals surface area contributed by atoms with E-state index in [0.29, 0.717) is 6.42 Å². The number of esters is 1. The number of hydrogen-bond acceptors (Lipinski definition) is 3. The zero-order chi connectivity index (χ0) is 15.2. The van der Waals surface area contributed by atoms with Crippen molar-refractivity contribution in [2.24, 2.45) is 5.41 Å². The number of rotatable bonds is 5. The van der Waals surface area contributed by atoms with E-state index in [1.54, 1.807) is 0 Å². The average Bonchev–Trinajstić information content (AvgIpc) is 2.36. The van der Waals surface area contributed by atoms with E-state index in [2.05, 4.69) is 5.32 Å². The minimum atomic E-state index is -0.349. The van der Waals surface area contributed by atoms with Crippen LogP contribution in [0.5, 0.6) is 0 Å². The Morgan fingerprint density at radius 3 is 2.30 bits per heavy atom. The molecule has 0 fully saturated rings. The van der Waals surface area contributed by atoms with Crippen LogP contribution in [-0.2, 0) is 14.3 Å². The molecule has 1 rings (SSSR count). The summed E-state index contributed by atoms with van der Waals surface area (Å²) < 4.78 is 4.69. The van der Waals surface area contributed by atoms with Gasteiger partial charge < -0.3 is 10.1 Å². The number of benzene rings is 1. The quantitative estimate of drug-likeness (QED) is 0.842. The van der Waals surface area contributed by atoms with E-state index in [-0.39, 0.29) is 29.8 Å². The van der Waals surface area contributed by atoms with Crippen molar-refractivity contribution in [1.82, 2.24) is 5.32 Å². The molecule has 0 aliphatic heterocycles. The van der Waals surface area contributed by atoms with Gasteiger partial charge in [-0.15, -0.1) is 0 Å². The average molecular weight is 277 g/mol. The molecule has 0 bridgehead atoms. The lowest BCUT2D eigenvalue weighted by atomic mass is 9.91. The number of hydrogen-bond donors (Lipinski definition) is 1. The van der Waals surface area contributed by atoms with E-state index in [0.717, 1.165) is 5.56 Å². The van der Waals surface area contributed by atoms with Crippen LogP contribution in [0.15, 0.2) is 30.3 Å². The third kappa shape index (κ3) is 5.87. The fourth-order valence-electron chi connectivity index (χ4n) is 1.91. The van der Waals surface area contributed by atoms with Gasteiger partial charge in [-0.2, -0.15) is 0 Å². The van der Waals surface area contributed by atoms with Crippen LogP contribution >= 0.6 is 0 Å². The monoisotopic (exact) mass is 277 g/mol. The maximum Gasteiger partial charge on any atom is 0.307 e. The fourth-order valence-corrected chi connectivity index (χ4v) is 1.91. The first kappa shape index (κ1) is 16.2. The van der Waals surface area contributed by atoms with Crippen molar-refractivity contribution in [1.29, 1.82) is 0 Å². The molecule has 0 radical (unpaired) electrons. The second-order valence-electron chi connectivity index (χ2n) is 6.05. The molecular formula is C16H23NO3. The highest BCUT2D eigenvalue weighted by Gasteiger charge is 2.22. The molecule has 0 unspecified atom stereocenters. The van der Waals surface area contributed by atoms with Gasteiger partial charge in [-0.25, -0.2) is 0 Å². The predicted octanol–water partition coefficient (Wildman–Crippen LogP) is 2.84. The molecule has 4 heteroatoms. The van der Waals surface area contributed by atoms with Gasteiger partial charge in [0.25, 0.3) is 0 Å². The van der Waals surface area contributed by atoms with Crippen molar-refractivity contribution >= 4 is 11.9 Å². The summed E-state index contributed by atoms with van der Waals surface area (Å²) in [5, 5.41) is 2.92. The molecule has 0 aliphatic rings. The van der Waals surface area contributed by atoms with Gasteiger partial charge in [-0.1, -0.05) is 51.1 Å². The largest absolute Gasteiger partial charge is 0.469 e. The lowest BCUT2D eigenvalue weighted by molar-refractivity contribution is -0.141. The minimum Gasteiger partial charge on any atom is -0.469 e. The van der Waals surface area contributed by atoms with Crippen LogP contribution in [0.3, 0.4) is 0 Å². The molecule has 0 spiro atoms. The molecule has 4 nitrogen and oxygen atoms in total. The minimum absolute atomic E-state index is 0.0599. The van der Waals surface area contributed by atoms with Crippen molar-refractivity contribution in [3.63, 3.8) is 0 Å². The number of methoxy groups -OCH3 is 1.